The average Bonchev–Trinajstić information content (AvgIpc) is 3.37. The summed E-state index contributed by atoms with van der Waals surface area (Å²) in [7, 11) is 0. The standard InChI is InChI=1S/C16H12N6OS2/c1-10-13(25-16(20-10)11-4-6-24-7-11)15(23)21-12-3-2-5-18-14(12)22-9-17-8-19-22/h2-9H,1H3,(H,21,23). The maximum atomic E-state index is 12.7. The third kappa shape index (κ3) is 3.06. The molecule has 4 heterocycles. The van der Waals surface area contributed by atoms with Crippen molar-refractivity contribution < 1.29 is 4.79 Å². The van der Waals surface area contributed by atoms with E-state index in [4.69, 9.17) is 0 Å². The first-order valence-electron chi connectivity index (χ1n) is 7.34. The molecule has 7 nitrogen and oxygen atoms in total. The number of nitrogens with one attached hydrogen (secondary N) is 1. The molecule has 1 amide bonds. The Bertz CT molecular complexity index is 1010. The first-order chi connectivity index (χ1) is 12.2. The number of hydrogen-bond donors (Lipinski definition) is 1. The van der Waals surface area contributed by atoms with Crippen LogP contribution in [0.15, 0.2) is 47.8 Å². The van der Waals surface area contributed by atoms with Crippen LogP contribution in [0.1, 0.15) is 15.4 Å². The Balaban J connectivity index is 1.64. The van der Waals surface area contributed by atoms with Crippen molar-refractivity contribution in [1.82, 2.24) is 24.7 Å². The molecule has 1 N–H and O–H groups in total. The van der Waals surface area contributed by atoms with E-state index in [0.29, 0.717) is 22.1 Å². The summed E-state index contributed by atoms with van der Waals surface area (Å²) >= 11 is 2.98. The van der Waals surface area contributed by atoms with Crippen molar-refractivity contribution in [2.24, 2.45) is 0 Å². The topological polar surface area (TPSA) is 85.6 Å². The van der Waals surface area contributed by atoms with Gasteiger partial charge in [-0.25, -0.2) is 19.6 Å². The molecular formula is C16H12N6OS2. The van der Waals surface area contributed by atoms with Crippen molar-refractivity contribution in [3.05, 3.63) is 58.4 Å². The SMILES string of the molecule is Cc1nc(-c2ccsc2)sc1C(=O)Nc1cccnc1-n1cncn1. The summed E-state index contributed by atoms with van der Waals surface area (Å²) in [5, 5.41) is 11.8. The minimum atomic E-state index is -0.217. The van der Waals surface area contributed by atoms with Crippen molar-refractivity contribution >= 4 is 34.3 Å². The minimum absolute atomic E-state index is 0.217. The number of aromatic nitrogens is 5. The van der Waals surface area contributed by atoms with Gasteiger partial charge in [0.25, 0.3) is 5.91 Å². The molecule has 0 aliphatic carbocycles. The van der Waals surface area contributed by atoms with Gasteiger partial charge in [-0.3, -0.25) is 4.79 Å². The van der Waals surface area contributed by atoms with Crippen LogP contribution >= 0.6 is 22.7 Å². The second-order valence-corrected chi connectivity index (χ2v) is 6.89. The van der Waals surface area contributed by atoms with Crippen LogP contribution in [0.4, 0.5) is 5.69 Å². The molecule has 9 heteroatoms. The van der Waals surface area contributed by atoms with Gasteiger partial charge in [0.15, 0.2) is 5.82 Å². The second kappa shape index (κ2) is 6.54. The van der Waals surface area contributed by atoms with Crippen LogP contribution in [0.5, 0.6) is 0 Å². The van der Waals surface area contributed by atoms with Gasteiger partial charge >= 0.3 is 0 Å². The van der Waals surface area contributed by atoms with Crippen molar-refractivity contribution in [3.63, 3.8) is 0 Å². The largest absolute Gasteiger partial charge is 0.318 e. The van der Waals surface area contributed by atoms with E-state index in [9.17, 15) is 4.79 Å². The van der Waals surface area contributed by atoms with Crippen LogP contribution in [-0.2, 0) is 0 Å². The summed E-state index contributed by atoms with van der Waals surface area (Å²) < 4.78 is 1.51. The third-order valence-electron chi connectivity index (χ3n) is 3.44. The van der Waals surface area contributed by atoms with Gasteiger partial charge in [0, 0.05) is 17.1 Å². The van der Waals surface area contributed by atoms with E-state index < -0.39 is 0 Å². The van der Waals surface area contributed by atoms with Crippen molar-refractivity contribution in [2.75, 3.05) is 5.32 Å². The number of pyridine rings is 1. The molecule has 0 aliphatic rings. The number of carbonyl (C=O) groups excluding carboxylic acids is 1. The highest BCUT2D eigenvalue weighted by molar-refractivity contribution is 7.17. The number of carbonyl (C=O) groups is 1. The highest BCUT2D eigenvalue weighted by atomic mass is 32.1. The van der Waals surface area contributed by atoms with Crippen LogP contribution in [0.2, 0.25) is 0 Å². The first kappa shape index (κ1) is 15.6. The molecule has 0 unspecified atom stereocenters. The van der Waals surface area contributed by atoms with E-state index in [1.54, 1.807) is 29.7 Å². The monoisotopic (exact) mass is 368 g/mol. The van der Waals surface area contributed by atoms with Crippen LogP contribution in [0.3, 0.4) is 0 Å². The molecule has 0 saturated heterocycles. The highest BCUT2D eigenvalue weighted by Crippen LogP contribution is 2.30. The molecule has 0 fully saturated rings. The molecule has 0 atom stereocenters. The number of nitrogens with zero attached hydrogens (tertiary/aromatic N) is 5. The molecule has 0 saturated carbocycles. The van der Waals surface area contributed by atoms with Gasteiger partial charge in [-0.2, -0.15) is 16.4 Å². The molecule has 0 spiro atoms. The normalized spacial score (nSPS) is 10.8. The summed E-state index contributed by atoms with van der Waals surface area (Å²) in [5.74, 6) is 0.291. The predicted molar refractivity (Wildman–Crippen MR) is 97.3 cm³/mol. The number of thiophene rings is 1. The lowest BCUT2D eigenvalue weighted by atomic mass is 10.3. The Labute approximate surface area is 151 Å². The van der Waals surface area contributed by atoms with Gasteiger partial charge < -0.3 is 5.32 Å². The van der Waals surface area contributed by atoms with Gasteiger partial charge in [0.2, 0.25) is 0 Å². The fourth-order valence-electron chi connectivity index (χ4n) is 2.29. The molecule has 0 radical (unpaired) electrons. The Hall–Kier alpha value is -2.91. The summed E-state index contributed by atoms with van der Waals surface area (Å²) in [6, 6.07) is 5.53. The van der Waals surface area contributed by atoms with Crippen LogP contribution in [0, 0.1) is 6.92 Å². The number of aryl methyl sites for hydroxylation is 1. The smallest absolute Gasteiger partial charge is 0.267 e. The fourth-order valence-corrected chi connectivity index (χ4v) is 3.96. The predicted octanol–water partition coefficient (Wildman–Crippen LogP) is 3.41. The Kier molecular flexibility index (Phi) is 4.08. The lowest BCUT2D eigenvalue weighted by Gasteiger charge is -2.08. The third-order valence-corrected chi connectivity index (χ3v) is 5.33. The zero-order valence-electron chi connectivity index (χ0n) is 13.1. The van der Waals surface area contributed by atoms with E-state index in [2.05, 4.69) is 25.4 Å². The molecule has 4 rings (SSSR count). The van der Waals surface area contributed by atoms with Gasteiger partial charge in [0.1, 0.15) is 22.5 Å². The number of anilines is 1. The second-order valence-electron chi connectivity index (χ2n) is 5.11. The number of thiazole rings is 1. The Morgan fingerprint density at radius 3 is 3.00 bits per heavy atom. The quantitative estimate of drug-likeness (QED) is 0.597. The summed E-state index contributed by atoms with van der Waals surface area (Å²) in [6.45, 7) is 1.84. The minimum Gasteiger partial charge on any atom is -0.318 e. The van der Waals surface area contributed by atoms with Crippen molar-refractivity contribution in [3.8, 4) is 16.4 Å². The zero-order chi connectivity index (χ0) is 17.2. The lowest BCUT2D eigenvalue weighted by Crippen LogP contribution is -2.14. The zero-order valence-corrected chi connectivity index (χ0v) is 14.7. The number of amides is 1. The van der Waals surface area contributed by atoms with Crippen LogP contribution in [-0.4, -0.2) is 30.6 Å². The molecule has 0 aromatic carbocycles. The molecule has 0 aliphatic heterocycles. The molecule has 4 aromatic rings. The maximum absolute atomic E-state index is 12.7. The van der Waals surface area contributed by atoms with E-state index in [0.717, 1.165) is 10.6 Å². The summed E-state index contributed by atoms with van der Waals surface area (Å²) in [5.41, 5.74) is 2.29. The van der Waals surface area contributed by atoms with Gasteiger partial charge in [-0.15, -0.1) is 11.3 Å². The molecule has 25 heavy (non-hydrogen) atoms. The van der Waals surface area contributed by atoms with E-state index in [1.165, 1.54) is 28.7 Å². The molecule has 4 aromatic heterocycles. The maximum Gasteiger partial charge on any atom is 0.267 e. The Morgan fingerprint density at radius 2 is 2.24 bits per heavy atom. The Morgan fingerprint density at radius 1 is 1.32 bits per heavy atom. The van der Waals surface area contributed by atoms with Crippen molar-refractivity contribution in [2.45, 2.75) is 6.92 Å². The molecule has 124 valence electrons. The van der Waals surface area contributed by atoms with Gasteiger partial charge in [-0.05, 0) is 30.5 Å². The van der Waals surface area contributed by atoms with Crippen LogP contribution < -0.4 is 5.32 Å². The first-order valence-corrected chi connectivity index (χ1v) is 9.09. The molecule has 0 bridgehead atoms. The summed E-state index contributed by atoms with van der Waals surface area (Å²) in [6.07, 6.45) is 4.59. The number of hydrogen-bond acceptors (Lipinski definition) is 7. The average molecular weight is 368 g/mol. The van der Waals surface area contributed by atoms with Gasteiger partial charge in [-0.1, -0.05) is 0 Å². The number of rotatable bonds is 4. The fraction of sp³-hybridized carbons (Fsp3) is 0.0625. The van der Waals surface area contributed by atoms with Crippen molar-refractivity contribution in [1.29, 1.82) is 0 Å². The van der Waals surface area contributed by atoms with E-state index in [1.807, 2.05) is 23.8 Å². The van der Waals surface area contributed by atoms with Crippen LogP contribution in [0.25, 0.3) is 16.4 Å². The van der Waals surface area contributed by atoms with E-state index in [-0.39, 0.29) is 5.91 Å². The summed E-state index contributed by atoms with van der Waals surface area (Å²) in [4.78, 5) is 26.0. The lowest BCUT2D eigenvalue weighted by molar-refractivity contribution is 0.102. The molecular weight excluding hydrogens is 356 g/mol. The van der Waals surface area contributed by atoms with Gasteiger partial charge in [0.05, 0.1) is 11.4 Å². The van der Waals surface area contributed by atoms with E-state index >= 15 is 0 Å². The highest BCUT2D eigenvalue weighted by Gasteiger charge is 2.18.